The predicted molar refractivity (Wildman–Crippen MR) is 74.5 cm³/mol. The molecule has 0 saturated carbocycles. The Hall–Kier alpha value is 0.390. The molecule has 0 bridgehead atoms. The first-order chi connectivity index (χ1) is 6.55. The maximum absolute atomic E-state index is 2.40. The molecule has 0 unspecified atom stereocenters. The van der Waals surface area contributed by atoms with Gasteiger partial charge >= 0.3 is 0 Å². The third-order valence-electron chi connectivity index (χ3n) is 2.61. The topological polar surface area (TPSA) is 3.24 Å². The minimum Gasteiger partial charge on any atom is -0.309 e. The second kappa shape index (κ2) is 5.64. The molecule has 15 heavy (non-hydrogen) atoms. The van der Waals surface area contributed by atoms with E-state index in [-0.39, 0.29) is 7.92 Å². The standard InChI is InChI=1S/C13H30NP/c1-12(2,3)15(13(4,5)6)11-9-10-14(7)8/h9-11H2,1-8H3. The lowest BCUT2D eigenvalue weighted by Crippen LogP contribution is -2.27. The molecule has 0 radical (unpaired) electrons. The van der Waals surface area contributed by atoms with E-state index in [4.69, 9.17) is 0 Å². The summed E-state index contributed by atoms with van der Waals surface area (Å²) in [6.07, 6.45) is 2.74. The van der Waals surface area contributed by atoms with Crippen molar-refractivity contribution in [1.29, 1.82) is 0 Å². The van der Waals surface area contributed by atoms with E-state index in [2.05, 4.69) is 60.5 Å². The largest absolute Gasteiger partial charge is 0.309 e. The molecule has 0 atom stereocenters. The Balaban J connectivity index is 4.29. The van der Waals surface area contributed by atoms with Gasteiger partial charge in [0.1, 0.15) is 0 Å². The quantitative estimate of drug-likeness (QED) is 0.661. The number of hydrogen-bond donors (Lipinski definition) is 0. The molecule has 0 N–H and O–H groups in total. The lowest BCUT2D eigenvalue weighted by molar-refractivity contribution is 0.409. The summed E-state index contributed by atoms with van der Waals surface area (Å²) in [6.45, 7) is 15.6. The number of hydrogen-bond acceptors (Lipinski definition) is 1. The molecule has 0 aliphatic rings. The van der Waals surface area contributed by atoms with Gasteiger partial charge in [-0.1, -0.05) is 49.5 Å². The molecule has 92 valence electrons. The van der Waals surface area contributed by atoms with Gasteiger partial charge in [0.25, 0.3) is 0 Å². The van der Waals surface area contributed by atoms with Crippen LogP contribution in [0.25, 0.3) is 0 Å². The van der Waals surface area contributed by atoms with Crippen LogP contribution in [0.1, 0.15) is 48.0 Å². The van der Waals surface area contributed by atoms with E-state index in [1.807, 2.05) is 0 Å². The van der Waals surface area contributed by atoms with Gasteiger partial charge in [0, 0.05) is 0 Å². The molecule has 1 nitrogen and oxygen atoms in total. The fourth-order valence-corrected chi connectivity index (χ4v) is 6.03. The lowest BCUT2D eigenvalue weighted by atomic mass is 10.2. The Morgan fingerprint density at radius 3 is 1.53 bits per heavy atom. The molecule has 0 amide bonds. The van der Waals surface area contributed by atoms with Crippen molar-refractivity contribution in [3.05, 3.63) is 0 Å². The molecule has 0 aromatic carbocycles. The van der Waals surface area contributed by atoms with Crippen LogP contribution in [0.2, 0.25) is 0 Å². The molecule has 0 aromatic heterocycles. The SMILES string of the molecule is CN(C)CCCP(C(C)(C)C)C(C)(C)C. The van der Waals surface area contributed by atoms with E-state index >= 15 is 0 Å². The average molecular weight is 231 g/mol. The monoisotopic (exact) mass is 231 g/mol. The van der Waals surface area contributed by atoms with Gasteiger partial charge in [-0.2, -0.15) is 0 Å². The van der Waals surface area contributed by atoms with Gasteiger partial charge in [-0.15, -0.1) is 0 Å². The Kier molecular flexibility index (Phi) is 5.79. The molecule has 0 aromatic rings. The van der Waals surface area contributed by atoms with Crippen LogP contribution in [0.3, 0.4) is 0 Å². The molecule has 0 aliphatic carbocycles. The van der Waals surface area contributed by atoms with E-state index in [1.165, 1.54) is 19.1 Å². The lowest BCUT2D eigenvalue weighted by Gasteiger charge is -2.42. The highest BCUT2D eigenvalue weighted by molar-refractivity contribution is 7.60. The maximum Gasteiger partial charge on any atom is -0.00215 e. The summed E-state index contributed by atoms with van der Waals surface area (Å²) in [5.41, 5.74) is 0. The van der Waals surface area contributed by atoms with Crippen LogP contribution in [0.5, 0.6) is 0 Å². The van der Waals surface area contributed by atoms with Gasteiger partial charge in [0.15, 0.2) is 0 Å². The van der Waals surface area contributed by atoms with Gasteiger partial charge in [-0.05, 0) is 43.5 Å². The zero-order chi connectivity index (χ0) is 12.3. The predicted octanol–water partition coefficient (Wildman–Crippen LogP) is 4.02. The third-order valence-corrected chi connectivity index (χ3v) is 6.61. The summed E-state index contributed by atoms with van der Waals surface area (Å²) >= 11 is 0. The van der Waals surface area contributed by atoms with E-state index < -0.39 is 0 Å². The maximum atomic E-state index is 2.40. The highest BCUT2D eigenvalue weighted by Gasteiger charge is 2.33. The van der Waals surface area contributed by atoms with Crippen LogP contribution in [0.15, 0.2) is 0 Å². The first-order valence-corrected chi connectivity index (χ1v) is 7.50. The van der Waals surface area contributed by atoms with Crippen molar-refractivity contribution in [2.45, 2.75) is 58.3 Å². The van der Waals surface area contributed by atoms with E-state index in [1.54, 1.807) is 0 Å². The fourth-order valence-electron chi connectivity index (χ4n) is 2.22. The minimum absolute atomic E-state index is 0.0999. The van der Waals surface area contributed by atoms with Crippen LogP contribution in [0.4, 0.5) is 0 Å². The van der Waals surface area contributed by atoms with Gasteiger partial charge in [0.05, 0.1) is 0 Å². The van der Waals surface area contributed by atoms with Crippen molar-refractivity contribution in [3.8, 4) is 0 Å². The minimum atomic E-state index is 0.0999. The number of rotatable bonds is 4. The summed E-state index contributed by atoms with van der Waals surface area (Å²) in [5, 5.41) is 0.972. The molecule has 0 spiro atoms. The van der Waals surface area contributed by atoms with Crippen molar-refractivity contribution in [3.63, 3.8) is 0 Å². The molecule has 0 aliphatic heterocycles. The van der Waals surface area contributed by atoms with E-state index in [0.717, 1.165) is 0 Å². The van der Waals surface area contributed by atoms with Crippen LogP contribution in [-0.2, 0) is 0 Å². The number of nitrogens with zero attached hydrogens (tertiary/aromatic N) is 1. The molecular formula is C13H30NP. The average Bonchev–Trinajstić information content (AvgIpc) is 1.92. The van der Waals surface area contributed by atoms with Crippen LogP contribution < -0.4 is 0 Å². The van der Waals surface area contributed by atoms with Crippen LogP contribution in [0, 0.1) is 0 Å². The van der Waals surface area contributed by atoms with E-state index in [0.29, 0.717) is 10.3 Å². The van der Waals surface area contributed by atoms with Crippen molar-refractivity contribution in [2.24, 2.45) is 0 Å². The smallest absolute Gasteiger partial charge is 0.00215 e. The van der Waals surface area contributed by atoms with Crippen molar-refractivity contribution in [2.75, 3.05) is 26.8 Å². The highest BCUT2D eigenvalue weighted by Crippen LogP contribution is 2.59. The van der Waals surface area contributed by atoms with Gasteiger partial charge in [-0.25, -0.2) is 0 Å². The van der Waals surface area contributed by atoms with Gasteiger partial charge in [0.2, 0.25) is 0 Å². The summed E-state index contributed by atoms with van der Waals surface area (Å²) < 4.78 is 0. The van der Waals surface area contributed by atoms with Crippen molar-refractivity contribution in [1.82, 2.24) is 4.90 Å². The second-order valence-corrected chi connectivity index (χ2v) is 10.6. The Morgan fingerprint density at radius 1 is 0.867 bits per heavy atom. The zero-order valence-electron chi connectivity index (χ0n) is 12.0. The molecule has 0 rings (SSSR count). The third kappa shape index (κ3) is 6.53. The Bertz CT molecular complexity index is 160. The summed E-state index contributed by atoms with van der Waals surface area (Å²) in [4.78, 5) is 2.29. The first kappa shape index (κ1) is 15.4. The molecule has 2 heteroatoms. The van der Waals surface area contributed by atoms with Crippen LogP contribution >= 0.6 is 7.92 Å². The van der Waals surface area contributed by atoms with E-state index in [9.17, 15) is 0 Å². The Labute approximate surface area is 98.4 Å². The summed E-state index contributed by atoms with van der Waals surface area (Å²) in [5.74, 6) is 0. The molecule has 0 fully saturated rings. The normalized spacial score (nSPS) is 14.0. The first-order valence-electron chi connectivity index (χ1n) is 5.97. The van der Waals surface area contributed by atoms with Gasteiger partial charge in [-0.3, -0.25) is 0 Å². The summed E-state index contributed by atoms with van der Waals surface area (Å²) in [6, 6.07) is 0. The molecular weight excluding hydrogens is 201 g/mol. The molecule has 0 heterocycles. The fraction of sp³-hybridized carbons (Fsp3) is 1.00. The van der Waals surface area contributed by atoms with Gasteiger partial charge < -0.3 is 4.90 Å². The second-order valence-electron chi connectivity index (χ2n) is 6.65. The molecule has 0 saturated heterocycles. The summed E-state index contributed by atoms with van der Waals surface area (Å²) in [7, 11) is 4.43. The Morgan fingerprint density at radius 2 is 1.27 bits per heavy atom. The van der Waals surface area contributed by atoms with Crippen molar-refractivity contribution >= 4 is 7.92 Å². The van der Waals surface area contributed by atoms with Crippen LogP contribution in [-0.4, -0.2) is 42.0 Å². The van der Waals surface area contributed by atoms with Crippen molar-refractivity contribution < 1.29 is 0 Å². The highest BCUT2D eigenvalue weighted by atomic mass is 31.1. The zero-order valence-corrected chi connectivity index (χ0v) is 12.9.